The Morgan fingerprint density at radius 1 is 1.33 bits per heavy atom. The van der Waals surface area contributed by atoms with E-state index < -0.39 is 0 Å². The van der Waals surface area contributed by atoms with Crippen LogP contribution in [0.2, 0.25) is 0 Å². The maximum absolute atomic E-state index is 2.31. The van der Waals surface area contributed by atoms with E-state index in [1.807, 2.05) is 0 Å². The van der Waals surface area contributed by atoms with Gasteiger partial charge in [0.05, 0.1) is 0 Å². The quantitative estimate of drug-likeness (QED) is 0.639. The average molecular weight is 221 g/mol. The number of allylic oxidation sites excluding steroid dienone is 5. The third-order valence-corrected chi connectivity index (χ3v) is 3.50. The van der Waals surface area contributed by atoms with Crippen LogP contribution in [-0.2, 0) is 0 Å². The molecule has 0 aliphatic heterocycles. The molecule has 1 heteroatoms. The summed E-state index contributed by atoms with van der Waals surface area (Å²) in [6.45, 7) is 0. The molecule has 0 saturated heterocycles. The summed E-state index contributed by atoms with van der Waals surface area (Å²) in [5.74, 6) is 0. The molecule has 0 nitrogen and oxygen atoms in total. The molecule has 0 atom stereocenters. The molecule has 1 heterocycles. The molecule has 60 valence electrons. The number of rotatable bonds is 1. The van der Waals surface area contributed by atoms with Gasteiger partial charge < -0.3 is 0 Å². The van der Waals surface area contributed by atoms with E-state index in [2.05, 4.69) is 47.5 Å². The van der Waals surface area contributed by atoms with Crippen molar-refractivity contribution in [2.45, 2.75) is 6.42 Å². The minimum absolute atomic E-state index is 0.585. The number of hydrogen-bond acceptors (Lipinski definition) is 0. The fraction of sp³-hybridized carbons (Fsp3) is 0.0909. The Morgan fingerprint density at radius 3 is 3.00 bits per heavy atom. The predicted molar refractivity (Wildman–Crippen MR) is 54.3 cm³/mol. The second kappa shape index (κ2) is 3.75. The monoisotopic (exact) mass is 222 g/mol. The molecule has 0 amide bonds. The molecule has 0 saturated carbocycles. The van der Waals surface area contributed by atoms with Gasteiger partial charge in [0.15, 0.2) is 0 Å². The zero-order valence-electron chi connectivity index (χ0n) is 6.73. The van der Waals surface area contributed by atoms with Crippen molar-refractivity contribution < 1.29 is 0 Å². The van der Waals surface area contributed by atoms with Crippen LogP contribution < -0.4 is 0 Å². The van der Waals surface area contributed by atoms with Crippen LogP contribution in [0.5, 0.6) is 0 Å². The van der Waals surface area contributed by atoms with Crippen molar-refractivity contribution in [3.05, 3.63) is 51.4 Å². The third kappa shape index (κ3) is 1.88. The number of hydrogen-bond donors (Lipinski definition) is 0. The van der Waals surface area contributed by atoms with Crippen molar-refractivity contribution >= 4 is 20.6 Å². The molecule has 1 aliphatic carbocycles. The maximum atomic E-state index is 2.31. The van der Waals surface area contributed by atoms with E-state index in [4.69, 9.17) is 0 Å². The van der Waals surface area contributed by atoms with Gasteiger partial charge >= 0.3 is 78.4 Å². The van der Waals surface area contributed by atoms with Crippen molar-refractivity contribution in [1.29, 1.82) is 0 Å². The zero-order valence-corrected chi connectivity index (χ0v) is 8.45. The van der Waals surface area contributed by atoms with E-state index in [0.717, 1.165) is 6.42 Å². The van der Waals surface area contributed by atoms with Crippen LogP contribution in [0.1, 0.15) is 10.9 Å². The summed E-state index contributed by atoms with van der Waals surface area (Å²) in [5, 5.41) is 0. The zero-order chi connectivity index (χ0) is 8.23. The van der Waals surface area contributed by atoms with Gasteiger partial charge in [0.1, 0.15) is 0 Å². The van der Waals surface area contributed by atoms with Crippen molar-refractivity contribution in [1.82, 2.24) is 0 Å². The van der Waals surface area contributed by atoms with Crippen molar-refractivity contribution in [3.8, 4) is 0 Å². The second-order valence-corrected chi connectivity index (χ2v) is 4.78. The molecule has 0 radical (unpaired) electrons. The molecule has 0 N–H and O–H groups in total. The van der Waals surface area contributed by atoms with Gasteiger partial charge in [-0.2, -0.15) is 0 Å². The van der Waals surface area contributed by atoms with Gasteiger partial charge in [0.25, 0.3) is 0 Å². The van der Waals surface area contributed by atoms with E-state index in [1.54, 1.807) is 0 Å². The Balaban J connectivity index is 2.19. The molecule has 1 aromatic rings. The van der Waals surface area contributed by atoms with Gasteiger partial charge in [0, 0.05) is 0 Å². The van der Waals surface area contributed by atoms with Crippen LogP contribution in [0.15, 0.2) is 47.0 Å². The van der Waals surface area contributed by atoms with Gasteiger partial charge in [0.2, 0.25) is 0 Å². The Bertz CT molecular complexity index is 326. The van der Waals surface area contributed by atoms with Crippen LogP contribution in [0, 0.1) is 0 Å². The molecule has 0 bridgehead atoms. The first-order valence-corrected chi connectivity index (χ1v) is 5.87. The molecule has 1 aromatic heterocycles. The van der Waals surface area contributed by atoms with Gasteiger partial charge in [-0.3, -0.25) is 0 Å². The third-order valence-electron chi connectivity index (χ3n) is 1.78. The topological polar surface area (TPSA) is 0 Å². The SMILES string of the molecule is C1=CCC(=Cc2ccc[se]2)C=C1. The van der Waals surface area contributed by atoms with Crippen LogP contribution in [-0.4, -0.2) is 14.5 Å². The summed E-state index contributed by atoms with van der Waals surface area (Å²) < 4.78 is 1.48. The molecule has 1 aliphatic rings. The van der Waals surface area contributed by atoms with Gasteiger partial charge in [-0.25, -0.2) is 0 Å². The summed E-state index contributed by atoms with van der Waals surface area (Å²) in [6, 6.07) is 4.36. The normalized spacial score (nSPS) is 18.8. The molecule has 0 unspecified atom stereocenters. The average Bonchev–Trinajstić information content (AvgIpc) is 2.59. The Labute approximate surface area is 78.7 Å². The summed E-state index contributed by atoms with van der Waals surface area (Å²) in [5.41, 5.74) is 1.43. The fourth-order valence-corrected chi connectivity index (χ4v) is 2.64. The first-order valence-electron chi connectivity index (χ1n) is 4.02. The molecule has 2 rings (SSSR count). The van der Waals surface area contributed by atoms with Crippen LogP contribution in [0.3, 0.4) is 0 Å². The summed E-state index contributed by atoms with van der Waals surface area (Å²) in [7, 11) is 0. The minimum atomic E-state index is 0.585. The Hall–Kier alpha value is -0.781. The van der Waals surface area contributed by atoms with Crippen molar-refractivity contribution in [2.24, 2.45) is 0 Å². The molecule has 0 aromatic carbocycles. The van der Waals surface area contributed by atoms with Crippen LogP contribution in [0.4, 0.5) is 0 Å². The van der Waals surface area contributed by atoms with Crippen molar-refractivity contribution in [2.75, 3.05) is 0 Å². The molecular formula is C11H10Se. The Kier molecular flexibility index (Phi) is 2.45. The molecular weight excluding hydrogens is 211 g/mol. The summed E-state index contributed by atoms with van der Waals surface area (Å²) in [6.07, 6.45) is 12.0. The first kappa shape index (κ1) is 7.85. The van der Waals surface area contributed by atoms with Gasteiger partial charge in [-0.05, 0) is 0 Å². The molecule has 0 fully saturated rings. The summed E-state index contributed by atoms with van der Waals surface area (Å²) in [4.78, 5) is 2.25. The standard InChI is InChI=1S/C11H10Se/c1-2-5-10(6-3-1)9-11-7-4-8-12-11/h1-5,7-9H,6H2. The molecule has 0 spiro atoms. The van der Waals surface area contributed by atoms with Gasteiger partial charge in [-0.1, -0.05) is 0 Å². The van der Waals surface area contributed by atoms with Crippen LogP contribution >= 0.6 is 0 Å². The Morgan fingerprint density at radius 2 is 2.33 bits per heavy atom. The van der Waals surface area contributed by atoms with Crippen molar-refractivity contribution in [3.63, 3.8) is 0 Å². The van der Waals surface area contributed by atoms with Crippen LogP contribution in [0.25, 0.3) is 6.08 Å². The van der Waals surface area contributed by atoms with E-state index in [0.29, 0.717) is 14.5 Å². The predicted octanol–water partition coefficient (Wildman–Crippen LogP) is 2.64. The van der Waals surface area contributed by atoms with E-state index in [-0.39, 0.29) is 0 Å². The summed E-state index contributed by atoms with van der Waals surface area (Å²) >= 11 is 0.585. The van der Waals surface area contributed by atoms with E-state index in [1.165, 1.54) is 10.0 Å². The molecule has 12 heavy (non-hydrogen) atoms. The fourth-order valence-electron chi connectivity index (χ4n) is 1.19. The second-order valence-electron chi connectivity index (χ2n) is 2.73. The van der Waals surface area contributed by atoms with Gasteiger partial charge in [-0.15, -0.1) is 0 Å². The van der Waals surface area contributed by atoms with E-state index in [9.17, 15) is 0 Å². The first-order chi connectivity index (χ1) is 5.95. The van der Waals surface area contributed by atoms with E-state index >= 15 is 0 Å².